The van der Waals surface area contributed by atoms with Crippen LogP contribution in [0.25, 0.3) is 0 Å². The van der Waals surface area contributed by atoms with E-state index in [-0.39, 0.29) is 17.6 Å². The van der Waals surface area contributed by atoms with Crippen LogP contribution in [0, 0.1) is 5.92 Å². The summed E-state index contributed by atoms with van der Waals surface area (Å²) in [5.74, 6) is -0.216. The molecule has 2 aliphatic heterocycles. The van der Waals surface area contributed by atoms with Crippen LogP contribution >= 0.6 is 0 Å². The second kappa shape index (κ2) is 8.90. The molecule has 29 heavy (non-hydrogen) atoms. The fourth-order valence-electron chi connectivity index (χ4n) is 4.49. The Labute approximate surface area is 171 Å². The number of fused-ring (bicyclic) bond motifs is 2. The largest absolute Gasteiger partial charge is 0.493 e. The van der Waals surface area contributed by atoms with Crippen LogP contribution in [0.5, 0.6) is 17.2 Å². The van der Waals surface area contributed by atoms with Gasteiger partial charge in [0.1, 0.15) is 12.0 Å². The molecule has 2 fully saturated rings. The molecule has 0 unspecified atom stereocenters. The Balaban J connectivity index is 1.86. The van der Waals surface area contributed by atoms with Crippen LogP contribution in [0.1, 0.15) is 36.5 Å². The van der Waals surface area contributed by atoms with E-state index in [1.807, 2.05) is 7.05 Å². The van der Waals surface area contributed by atoms with Gasteiger partial charge in [-0.25, -0.2) is 4.79 Å². The van der Waals surface area contributed by atoms with Crippen molar-refractivity contribution in [2.45, 2.75) is 44.4 Å². The molecular formula is C21H29NO7. The van der Waals surface area contributed by atoms with E-state index in [9.17, 15) is 9.59 Å². The topological polar surface area (TPSA) is 83.5 Å². The average Bonchev–Trinajstić information content (AvgIpc) is 2.95. The first-order valence-electron chi connectivity index (χ1n) is 9.84. The zero-order valence-corrected chi connectivity index (χ0v) is 17.6. The Hall–Kier alpha value is -2.48. The van der Waals surface area contributed by atoms with E-state index >= 15 is 0 Å². The second-order valence-corrected chi connectivity index (χ2v) is 7.34. The zero-order chi connectivity index (χ0) is 21.1. The number of hydrogen-bond donors (Lipinski definition) is 0. The fraction of sp³-hybridized carbons (Fsp3) is 0.619. The lowest BCUT2D eigenvalue weighted by atomic mass is 9.87. The van der Waals surface area contributed by atoms with E-state index in [4.69, 9.17) is 23.7 Å². The maximum absolute atomic E-state index is 13.0. The summed E-state index contributed by atoms with van der Waals surface area (Å²) in [6.07, 6.45) is 1.94. The molecule has 1 aromatic carbocycles. The second-order valence-electron chi connectivity index (χ2n) is 7.34. The van der Waals surface area contributed by atoms with Gasteiger partial charge in [0.25, 0.3) is 0 Å². The van der Waals surface area contributed by atoms with E-state index in [0.717, 1.165) is 12.8 Å². The summed E-state index contributed by atoms with van der Waals surface area (Å²) < 4.78 is 27.1. The first-order valence-corrected chi connectivity index (χ1v) is 9.84. The summed E-state index contributed by atoms with van der Waals surface area (Å²) >= 11 is 0. The van der Waals surface area contributed by atoms with E-state index in [1.54, 1.807) is 19.1 Å². The van der Waals surface area contributed by atoms with Crippen LogP contribution in [-0.4, -0.2) is 70.0 Å². The van der Waals surface area contributed by atoms with Gasteiger partial charge in [0.2, 0.25) is 5.75 Å². The van der Waals surface area contributed by atoms with Crippen LogP contribution in [0.3, 0.4) is 0 Å². The van der Waals surface area contributed by atoms with Crippen molar-refractivity contribution in [1.82, 2.24) is 4.90 Å². The molecule has 2 saturated heterocycles. The third-order valence-electron chi connectivity index (χ3n) is 5.93. The summed E-state index contributed by atoms with van der Waals surface area (Å²) in [7, 11) is 6.48. The molecule has 0 amide bonds. The molecule has 8 heteroatoms. The number of carbonyl (C=O) groups is 2. The van der Waals surface area contributed by atoms with Gasteiger partial charge in [-0.2, -0.15) is 0 Å². The lowest BCUT2D eigenvalue weighted by Crippen LogP contribution is -2.53. The Morgan fingerprint density at radius 2 is 1.72 bits per heavy atom. The van der Waals surface area contributed by atoms with Crippen molar-refractivity contribution >= 4 is 11.9 Å². The Bertz CT molecular complexity index is 740. The lowest BCUT2D eigenvalue weighted by Gasteiger charge is -2.40. The van der Waals surface area contributed by atoms with Gasteiger partial charge < -0.3 is 23.7 Å². The van der Waals surface area contributed by atoms with Crippen LogP contribution < -0.4 is 14.2 Å². The summed E-state index contributed by atoms with van der Waals surface area (Å²) in [4.78, 5) is 27.8. The molecule has 8 nitrogen and oxygen atoms in total. The first kappa shape index (κ1) is 21.2. The van der Waals surface area contributed by atoms with E-state index in [1.165, 1.54) is 21.3 Å². The van der Waals surface area contributed by atoms with E-state index in [2.05, 4.69) is 4.90 Å². The minimum atomic E-state index is -0.535. The van der Waals surface area contributed by atoms with Crippen LogP contribution in [0.4, 0.5) is 0 Å². The zero-order valence-electron chi connectivity index (χ0n) is 17.6. The normalized spacial score (nSPS) is 26.0. The Morgan fingerprint density at radius 1 is 1.07 bits per heavy atom. The predicted molar refractivity (Wildman–Crippen MR) is 105 cm³/mol. The minimum absolute atomic E-state index is 0.0190. The fourth-order valence-corrected chi connectivity index (χ4v) is 4.49. The van der Waals surface area contributed by atoms with Gasteiger partial charge >= 0.3 is 11.9 Å². The van der Waals surface area contributed by atoms with E-state index in [0.29, 0.717) is 36.3 Å². The third-order valence-corrected chi connectivity index (χ3v) is 5.93. The maximum atomic E-state index is 13.0. The average molecular weight is 407 g/mol. The van der Waals surface area contributed by atoms with Crippen molar-refractivity contribution in [1.29, 1.82) is 0 Å². The minimum Gasteiger partial charge on any atom is -0.493 e. The summed E-state index contributed by atoms with van der Waals surface area (Å²) in [5.41, 5.74) is 0.272. The first-order chi connectivity index (χ1) is 13.9. The summed E-state index contributed by atoms with van der Waals surface area (Å²) in [6, 6.07) is 3.41. The molecule has 1 aromatic rings. The quantitative estimate of drug-likeness (QED) is 0.637. The van der Waals surface area contributed by atoms with Crippen molar-refractivity contribution < 1.29 is 33.3 Å². The van der Waals surface area contributed by atoms with Gasteiger partial charge in [0, 0.05) is 18.5 Å². The van der Waals surface area contributed by atoms with Crippen molar-refractivity contribution in [3.05, 3.63) is 17.7 Å². The third kappa shape index (κ3) is 3.99. The highest BCUT2D eigenvalue weighted by molar-refractivity contribution is 5.91. The summed E-state index contributed by atoms with van der Waals surface area (Å²) in [5, 5.41) is 0. The molecule has 0 aliphatic carbocycles. The Morgan fingerprint density at radius 3 is 2.28 bits per heavy atom. The molecule has 0 N–H and O–H groups in total. The highest BCUT2D eigenvalue weighted by atomic mass is 16.6. The number of benzene rings is 1. The van der Waals surface area contributed by atoms with Crippen molar-refractivity contribution in [3.63, 3.8) is 0 Å². The number of hydrogen-bond acceptors (Lipinski definition) is 8. The van der Waals surface area contributed by atoms with Crippen LogP contribution in [0.15, 0.2) is 12.1 Å². The van der Waals surface area contributed by atoms with Gasteiger partial charge in [-0.05, 0) is 38.9 Å². The van der Waals surface area contributed by atoms with E-state index < -0.39 is 18.0 Å². The number of methoxy groups -OCH3 is 3. The number of ether oxygens (including phenoxy) is 5. The molecule has 3 rings (SSSR count). The SMILES string of the molecule is CCOC(=O)[C@@H]1[C@H](OC(=O)c2cc(OC)c(OC)c(OC)c2)C[C@H]2CC[C@@H]1N2C. The maximum Gasteiger partial charge on any atom is 0.338 e. The highest BCUT2D eigenvalue weighted by Crippen LogP contribution is 2.41. The number of carbonyl (C=O) groups excluding carboxylic acids is 2. The monoisotopic (exact) mass is 407 g/mol. The Kier molecular flexibility index (Phi) is 6.52. The molecule has 0 spiro atoms. The molecule has 2 bridgehead atoms. The van der Waals surface area contributed by atoms with Crippen molar-refractivity contribution in [2.24, 2.45) is 5.92 Å². The molecule has 0 saturated carbocycles. The van der Waals surface area contributed by atoms with Crippen LogP contribution in [-0.2, 0) is 14.3 Å². The van der Waals surface area contributed by atoms with Gasteiger partial charge in [-0.1, -0.05) is 0 Å². The lowest BCUT2D eigenvalue weighted by molar-refractivity contribution is -0.158. The summed E-state index contributed by atoms with van der Waals surface area (Å²) in [6.45, 7) is 2.07. The molecule has 0 aromatic heterocycles. The molecule has 160 valence electrons. The smallest absolute Gasteiger partial charge is 0.338 e. The number of esters is 2. The number of piperidine rings is 1. The van der Waals surface area contributed by atoms with Gasteiger partial charge in [-0.3, -0.25) is 9.69 Å². The predicted octanol–water partition coefficient (Wildman–Crippen LogP) is 2.28. The molecule has 4 atom stereocenters. The molecular weight excluding hydrogens is 378 g/mol. The number of nitrogens with zero attached hydrogens (tertiary/aromatic N) is 1. The molecule has 2 aliphatic rings. The van der Waals surface area contributed by atoms with Crippen LogP contribution in [0.2, 0.25) is 0 Å². The van der Waals surface area contributed by atoms with Gasteiger partial charge in [0.15, 0.2) is 11.5 Å². The number of rotatable bonds is 7. The molecule has 0 radical (unpaired) electrons. The van der Waals surface area contributed by atoms with Gasteiger partial charge in [-0.15, -0.1) is 0 Å². The molecule has 2 heterocycles. The van der Waals surface area contributed by atoms with Crippen molar-refractivity contribution in [3.8, 4) is 17.2 Å². The van der Waals surface area contributed by atoms with Crippen molar-refractivity contribution in [2.75, 3.05) is 35.0 Å². The standard InChI is InChI=1S/C21H29NO7/c1-6-28-21(24)18-14-8-7-13(22(14)2)11-15(18)29-20(23)12-9-16(25-3)19(27-5)17(10-12)26-4/h9-10,13-15,18H,6-8,11H2,1-5H3/t13-,14+,15-,18+/m1/s1. The highest BCUT2D eigenvalue weighted by Gasteiger charge is 2.51. The van der Waals surface area contributed by atoms with Gasteiger partial charge in [0.05, 0.1) is 33.5 Å².